The molecule has 5 rings (SSSR count). The van der Waals surface area contributed by atoms with Gasteiger partial charge in [0.05, 0.1) is 23.5 Å². The summed E-state index contributed by atoms with van der Waals surface area (Å²) in [6, 6.07) is 8.21. The van der Waals surface area contributed by atoms with Crippen LogP contribution in [0.15, 0.2) is 36.7 Å². The molecule has 0 spiro atoms. The lowest BCUT2D eigenvalue weighted by Gasteiger charge is -1.97. The Bertz CT molecular complexity index is 1150. The molecule has 7 nitrogen and oxygen atoms in total. The molecule has 0 unspecified atom stereocenters. The number of hydrogen-bond acceptors (Lipinski definition) is 5. The predicted octanol–water partition coefficient (Wildman–Crippen LogP) is 2.39. The molecule has 0 radical (unpaired) electrons. The fraction of sp³-hybridized carbons (Fsp3) is 0.211. The summed E-state index contributed by atoms with van der Waals surface area (Å²) in [5.41, 5.74) is 5.34. The monoisotopic (exact) mass is 344 g/mol. The molecule has 0 fully saturated rings. The number of aryl methyl sites for hydroxylation is 2. The minimum Gasteiger partial charge on any atom is -0.326 e. The standard InChI is InChI=1S/C19H16N6O/c1-11-8-20-12(2)18-22-17(23-25(11)18)16(26)7-14-10-24-9-13-5-3-4-6-15(13)19(24)21-14/h3-6,8,10H,7,9H2,1-2H3. The van der Waals surface area contributed by atoms with Gasteiger partial charge in [-0.15, -0.1) is 5.10 Å². The third-order valence-electron chi connectivity index (χ3n) is 4.73. The number of fused-ring (bicyclic) bond motifs is 4. The summed E-state index contributed by atoms with van der Waals surface area (Å²) in [7, 11) is 0. The van der Waals surface area contributed by atoms with Crippen molar-refractivity contribution < 1.29 is 4.79 Å². The second kappa shape index (κ2) is 5.32. The van der Waals surface area contributed by atoms with E-state index in [0.717, 1.165) is 35.0 Å². The Morgan fingerprint density at radius 2 is 2.04 bits per heavy atom. The molecule has 0 bridgehead atoms. The first-order valence-electron chi connectivity index (χ1n) is 8.46. The summed E-state index contributed by atoms with van der Waals surface area (Å²) >= 11 is 0. The molecule has 7 heteroatoms. The van der Waals surface area contributed by atoms with Crippen LogP contribution in [-0.4, -0.2) is 34.9 Å². The van der Waals surface area contributed by atoms with Crippen molar-refractivity contribution in [1.29, 1.82) is 0 Å². The van der Waals surface area contributed by atoms with Gasteiger partial charge in [-0.25, -0.2) is 14.5 Å². The smallest absolute Gasteiger partial charge is 0.218 e. The third-order valence-corrected chi connectivity index (χ3v) is 4.73. The topological polar surface area (TPSA) is 78.0 Å². The highest BCUT2D eigenvalue weighted by atomic mass is 16.1. The van der Waals surface area contributed by atoms with Crippen LogP contribution in [0, 0.1) is 13.8 Å². The number of aromatic nitrogens is 6. The van der Waals surface area contributed by atoms with E-state index in [1.807, 2.05) is 32.2 Å². The highest BCUT2D eigenvalue weighted by molar-refractivity contribution is 5.94. The van der Waals surface area contributed by atoms with Gasteiger partial charge in [0, 0.05) is 24.5 Å². The van der Waals surface area contributed by atoms with Gasteiger partial charge in [-0.2, -0.15) is 0 Å². The maximum absolute atomic E-state index is 12.7. The van der Waals surface area contributed by atoms with E-state index in [1.165, 1.54) is 5.56 Å². The normalized spacial score (nSPS) is 12.4. The first-order chi connectivity index (χ1) is 12.6. The van der Waals surface area contributed by atoms with Gasteiger partial charge in [0.15, 0.2) is 5.65 Å². The number of carbonyl (C=O) groups excluding carboxylic acids is 1. The molecule has 4 aromatic rings. The molecule has 0 N–H and O–H groups in total. The number of Topliss-reactive ketones (excluding diaryl/α,β-unsaturated/α-hetero) is 1. The van der Waals surface area contributed by atoms with Crippen molar-refractivity contribution in [3.05, 3.63) is 65.1 Å². The Hall–Kier alpha value is -3.35. The fourth-order valence-electron chi connectivity index (χ4n) is 3.41. The summed E-state index contributed by atoms with van der Waals surface area (Å²) in [5, 5.41) is 4.35. The van der Waals surface area contributed by atoms with Gasteiger partial charge in [0.1, 0.15) is 5.82 Å². The zero-order chi connectivity index (χ0) is 17.8. The van der Waals surface area contributed by atoms with E-state index >= 15 is 0 Å². The maximum Gasteiger partial charge on any atom is 0.218 e. The van der Waals surface area contributed by atoms with E-state index < -0.39 is 0 Å². The van der Waals surface area contributed by atoms with Crippen LogP contribution in [0.5, 0.6) is 0 Å². The number of carbonyl (C=O) groups is 1. The molecule has 1 aliphatic heterocycles. The molecule has 3 aromatic heterocycles. The minimum absolute atomic E-state index is 0.141. The average molecular weight is 344 g/mol. The number of benzene rings is 1. The van der Waals surface area contributed by atoms with Crippen LogP contribution in [0.2, 0.25) is 0 Å². The van der Waals surface area contributed by atoms with Gasteiger partial charge < -0.3 is 4.57 Å². The summed E-state index contributed by atoms with van der Waals surface area (Å²) in [5.74, 6) is 0.984. The molecule has 0 amide bonds. The quantitative estimate of drug-likeness (QED) is 0.470. The van der Waals surface area contributed by atoms with Gasteiger partial charge in [-0.1, -0.05) is 24.3 Å². The highest BCUT2D eigenvalue weighted by Gasteiger charge is 2.23. The lowest BCUT2D eigenvalue weighted by Crippen LogP contribution is -2.07. The minimum atomic E-state index is -0.141. The van der Waals surface area contributed by atoms with Gasteiger partial charge in [0.2, 0.25) is 11.6 Å². The fourth-order valence-corrected chi connectivity index (χ4v) is 3.41. The van der Waals surface area contributed by atoms with Crippen molar-refractivity contribution in [2.45, 2.75) is 26.8 Å². The zero-order valence-corrected chi connectivity index (χ0v) is 14.5. The van der Waals surface area contributed by atoms with Crippen LogP contribution >= 0.6 is 0 Å². The summed E-state index contributed by atoms with van der Waals surface area (Å²) < 4.78 is 3.75. The number of nitrogens with zero attached hydrogens (tertiary/aromatic N) is 6. The van der Waals surface area contributed by atoms with Crippen molar-refractivity contribution in [3.63, 3.8) is 0 Å². The predicted molar refractivity (Wildman–Crippen MR) is 95.1 cm³/mol. The van der Waals surface area contributed by atoms with Crippen LogP contribution < -0.4 is 0 Å². The van der Waals surface area contributed by atoms with Crippen LogP contribution in [0.4, 0.5) is 0 Å². The van der Waals surface area contributed by atoms with E-state index in [4.69, 9.17) is 0 Å². The summed E-state index contributed by atoms with van der Waals surface area (Å²) in [6.07, 6.45) is 3.86. The van der Waals surface area contributed by atoms with Crippen molar-refractivity contribution >= 4 is 11.4 Å². The van der Waals surface area contributed by atoms with Gasteiger partial charge in [-0.05, 0) is 19.4 Å². The average Bonchev–Trinajstić information content (AvgIpc) is 3.31. The zero-order valence-electron chi connectivity index (χ0n) is 14.5. The number of hydrogen-bond donors (Lipinski definition) is 0. The Morgan fingerprint density at radius 3 is 2.88 bits per heavy atom. The third kappa shape index (κ3) is 2.17. The second-order valence-electron chi connectivity index (χ2n) is 6.60. The number of imidazole rings is 1. The SMILES string of the molecule is Cc1ncc(C)n2nc(C(=O)Cc3cn4c(n3)-c3ccccc3C4)nc12. The van der Waals surface area contributed by atoms with E-state index in [-0.39, 0.29) is 18.0 Å². The van der Waals surface area contributed by atoms with Crippen molar-refractivity contribution in [2.24, 2.45) is 0 Å². The van der Waals surface area contributed by atoms with E-state index in [0.29, 0.717) is 5.65 Å². The molecule has 1 aliphatic rings. The van der Waals surface area contributed by atoms with Gasteiger partial charge in [0.25, 0.3) is 0 Å². The van der Waals surface area contributed by atoms with Crippen LogP contribution in [0.1, 0.15) is 33.3 Å². The van der Waals surface area contributed by atoms with Crippen molar-refractivity contribution in [1.82, 2.24) is 29.1 Å². The molecule has 128 valence electrons. The van der Waals surface area contributed by atoms with Crippen LogP contribution in [0.25, 0.3) is 17.0 Å². The van der Waals surface area contributed by atoms with Gasteiger partial charge >= 0.3 is 0 Å². The van der Waals surface area contributed by atoms with E-state index in [2.05, 4.69) is 36.8 Å². The number of rotatable bonds is 3. The Morgan fingerprint density at radius 1 is 1.19 bits per heavy atom. The lowest BCUT2D eigenvalue weighted by atomic mass is 10.1. The van der Waals surface area contributed by atoms with E-state index in [1.54, 1.807) is 10.7 Å². The molecule has 0 saturated heterocycles. The molecular weight excluding hydrogens is 328 g/mol. The Balaban J connectivity index is 1.46. The van der Waals surface area contributed by atoms with Crippen molar-refractivity contribution in [3.8, 4) is 11.4 Å². The van der Waals surface area contributed by atoms with Crippen molar-refractivity contribution in [2.75, 3.05) is 0 Å². The first-order valence-corrected chi connectivity index (χ1v) is 8.46. The maximum atomic E-state index is 12.7. The van der Waals surface area contributed by atoms with Crippen LogP contribution in [0.3, 0.4) is 0 Å². The Labute approximate surface area is 149 Å². The molecule has 26 heavy (non-hydrogen) atoms. The van der Waals surface area contributed by atoms with E-state index in [9.17, 15) is 4.79 Å². The van der Waals surface area contributed by atoms with Gasteiger partial charge in [-0.3, -0.25) is 9.78 Å². The molecule has 1 aromatic carbocycles. The lowest BCUT2D eigenvalue weighted by molar-refractivity contribution is 0.0982. The molecule has 4 heterocycles. The Kier molecular flexibility index (Phi) is 3.06. The molecule has 0 aliphatic carbocycles. The highest BCUT2D eigenvalue weighted by Crippen LogP contribution is 2.30. The van der Waals surface area contributed by atoms with Crippen LogP contribution in [-0.2, 0) is 13.0 Å². The molecule has 0 atom stereocenters. The largest absolute Gasteiger partial charge is 0.326 e. The second-order valence-corrected chi connectivity index (χ2v) is 6.60. The molecule has 0 saturated carbocycles. The first kappa shape index (κ1) is 14.9. The summed E-state index contributed by atoms with van der Waals surface area (Å²) in [4.78, 5) is 26.0. The summed E-state index contributed by atoms with van der Waals surface area (Å²) in [6.45, 7) is 4.54. The number of ketones is 1. The molecular formula is C19H16N6O.